The molecule has 0 fully saturated rings. The van der Waals surface area contributed by atoms with E-state index >= 15 is 0 Å². The highest BCUT2D eigenvalue weighted by Crippen LogP contribution is 2.29. The zero-order chi connectivity index (χ0) is 10.6. The highest BCUT2D eigenvalue weighted by Gasteiger charge is 2.23. The topological polar surface area (TPSA) is 17.8 Å². The maximum Gasteiger partial charge on any atom is 0.0630 e. The molecule has 1 atom stereocenters. The highest BCUT2D eigenvalue weighted by molar-refractivity contribution is 9.09. The van der Waals surface area contributed by atoms with Gasteiger partial charge in [-0.25, -0.2) is 0 Å². The first-order valence-corrected chi connectivity index (χ1v) is 6.26. The fourth-order valence-electron chi connectivity index (χ4n) is 1.80. The molecule has 0 aliphatic heterocycles. The van der Waals surface area contributed by atoms with Crippen LogP contribution in [0.2, 0.25) is 0 Å². The van der Waals surface area contributed by atoms with Crippen LogP contribution in [-0.2, 0) is 13.5 Å². The number of hydrogen-bond donors (Lipinski definition) is 0. The molecule has 1 aromatic rings. The molecule has 0 aromatic carbocycles. The molecular formula is C11H19BrN2. The van der Waals surface area contributed by atoms with E-state index in [1.807, 2.05) is 17.9 Å². The van der Waals surface area contributed by atoms with Crippen LogP contribution in [0.1, 0.15) is 32.4 Å². The predicted octanol–water partition coefficient (Wildman–Crippen LogP) is 3.16. The quantitative estimate of drug-likeness (QED) is 0.743. The molecule has 0 aliphatic rings. The zero-order valence-electron chi connectivity index (χ0n) is 9.26. The molecule has 1 rings (SSSR count). The molecule has 0 amide bonds. The summed E-state index contributed by atoms with van der Waals surface area (Å²) in [5.74, 6) is 0. The van der Waals surface area contributed by atoms with Gasteiger partial charge in [0.15, 0.2) is 0 Å². The van der Waals surface area contributed by atoms with E-state index in [1.54, 1.807) is 0 Å². The van der Waals surface area contributed by atoms with Gasteiger partial charge in [0.25, 0.3) is 0 Å². The molecule has 0 N–H and O–H groups in total. The summed E-state index contributed by atoms with van der Waals surface area (Å²) in [5, 5.41) is 5.47. The summed E-state index contributed by atoms with van der Waals surface area (Å²) in [6, 6.07) is 2.11. The van der Waals surface area contributed by atoms with Crippen LogP contribution in [0.25, 0.3) is 0 Å². The second kappa shape index (κ2) is 4.96. The molecule has 0 bridgehead atoms. The van der Waals surface area contributed by atoms with Crippen LogP contribution < -0.4 is 0 Å². The first-order valence-electron chi connectivity index (χ1n) is 5.14. The summed E-state index contributed by atoms with van der Waals surface area (Å²) in [7, 11) is 1.97. The summed E-state index contributed by atoms with van der Waals surface area (Å²) >= 11 is 3.60. The van der Waals surface area contributed by atoms with Crippen molar-refractivity contribution in [2.24, 2.45) is 12.5 Å². The van der Waals surface area contributed by atoms with E-state index < -0.39 is 0 Å². The molecule has 14 heavy (non-hydrogen) atoms. The Morgan fingerprint density at radius 3 is 2.71 bits per heavy atom. The lowest BCUT2D eigenvalue weighted by atomic mass is 9.83. The standard InChI is InChI=1S/C11H19BrN2/c1-4-6-11(2,9-12)8-10-5-7-14(3)13-10/h5,7H,4,6,8-9H2,1-3H3. The van der Waals surface area contributed by atoms with Crippen molar-refractivity contribution >= 4 is 15.9 Å². The molecule has 1 heterocycles. The summed E-state index contributed by atoms with van der Waals surface area (Å²) < 4.78 is 1.87. The largest absolute Gasteiger partial charge is 0.276 e. The van der Waals surface area contributed by atoms with Gasteiger partial charge in [0, 0.05) is 18.6 Å². The van der Waals surface area contributed by atoms with Gasteiger partial charge in [0.2, 0.25) is 0 Å². The van der Waals surface area contributed by atoms with Gasteiger partial charge in [-0.1, -0.05) is 36.2 Å². The number of hydrogen-bond acceptors (Lipinski definition) is 1. The van der Waals surface area contributed by atoms with E-state index in [2.05, 4.69) is 40.9 Å². The maximum absolute atomic E-state index is 4.42. The van der Waals surface area contributed by atoms with E-state index in [0.29, 0.717) is 5.41 Å². The van der Waals surface area contributed by atoms with E-state index in [9.17, 15) is 0 Å². The van der Waals surface area contributed by atoms with Gasteiger partial charge < -0.3 is 0 Å². The monoisotopic (exact) mass is 258 g/mol. The average Bonchev–Trinajstić information content (AvgIpc) is 2.51. The van der Waals surface area contributed by atoms with E-state index in [-0.39, 0.29) is 0 Å². The molecule has 1 unspecified atom stereocenters. The highest BCUT2D eigenvalue weighted by atomic mass is 79.9. The summed E-state index contributed by atoms with van der Waals surface area (Å²) in [6.07, 6.45) is 5.55. The van der Waals surface area contributed by atoms with Crippen LogP contribution in [0.4, 0.5) is 0 Å². The lowest BCUT2D eigenvalue weighted by molar-refractivity contribution is 0.336. The van der Waals surface area contributed by atoms with Crippen molar-refractivity contribution in [1.82, 2.24) is 9.78 Å². The molecule has 0 aliphatic carbocycles. The van der Waals surface area contributed by atoms with Crippen LogP contribution >= 0.6 is 15.9 Å². The van der Waals surface area contributed by atoms with Crippen molar-refractivity contribution in [3.8, 4) is 0 Å². The molecule has 3 heteroatoms. The first-order chi connectivity index (χ1) is 6.59. The van der Waals surface area contributed by atoms with Gasteiger partial charge >= 0.3 is 0 Å². The third-order valence-electron chi connectivity index (χ3n) is 2.55. The van der Waals surface area contributed by atoms with Gasteiger partial charge in [-0.2, -0.15) is 5.10 Å². The molecule has 0 spiro atoms. The average molecular weight is 259 g/mol. The Kier molecular flexibility index (Phi) is 4.17. The normalized spacial score (nSPS) is 15.4. The SMILES string of the molecule is CCCC(C)(CBr)Cc1ccn(C)n1. The second-order valence-corrected chi connectivity index (χ2v) is 4.91. The number of rotatable bonds is 5. The first kappa shape index (κ1) is 11.8. The minimum atomic E-state index is 0.350. The van der Waals surface area contributed by atoms with Crippen molar-refractivity contribution in [3.05, 3.63) is 18.0 Å². The van der Waals surface area contributed by atoms with Gasteiger partial charge in [-0.3, -0.25) is 4.68 Å². The molecule has 80 valence electrons. The van der Waals surface area contributed by atoms with Crippen molar-refractivity contribution in [1.29, 1.82) is 0 Å². The number of aryl methyl sites for hydroxylation is 1. The Morgan fingerprint density at radius 2 is 2.29 bits per heavy atom. The van der Waals surface area contributed by atoms with Crippen molar-refractivity contribution in [3.63, 3.8) is 0 Å². The minimum Gasteiger partial charge on any atom is -0.276 e. The zero-order valence-corrected chi connectivity index (χ0v) is 10.8. The number of aromatic nitrogens is 2. The summed E-state index contributed by atoms with van der Waals surface area (Å²) in [6.45, 7) is 4.55. The molecule has 2 nitrogen and oxygen atoms in total. The van der Waals surface area contributed by atoms with Gasteiger partial charge in [0.1, 0.15) is 0 Å². The third-order valence-corrected chi connectivity index (χ3v) is 3.91. The van der Waals surface area contributed by atoms with Crippen LogP contribution in [-0.4, -0.2) is 15.1 Å². The predicted molar refractivity (Wildman–Crippen MR) is 63.7 cm³/mol. The third kappa shape index (κ3) is 3.12. The van der Waals surface area contributed by atoms with Gasteiger partial charge in [-0.15, -0.1) is 0 Å². The number of halogens is 1. The fourth-order valence-corrected chi connectivity index (χ4v) is 2.28. The minimum absolute atomic E-state index is 0.350. The van der Waals surface area contributed by atoms with Crippen LogP contribution in [0.15, 0.2) is 12.3 Å². The molecule has 1 aromatic heterocycles. The van der Waals surface area contributed by atoms with Gasteiger partial charge in [0.05, 0.1) is 5.69 Å². The molecule has 0 radical (unpaired) electrons. The lowest BCUT2D eigenvalue weighted by Crippen LogP contribution is -2.21. The Morgan fingerprint density at radius 1 is 1.57 bits per heavy atom. The van der Waals surface area contributed by atoms with Crippen LogP contribution in [0.3, 0.4) is 0 Å². The smallest absolute Gasteiger partial charge is 0.0630 e. The molecular weight excluding hydrogens is 240 g/mol. The van der Waals surface area contributed by atoms with E-state index in [1.165, 1.54) is 18.5 Å². The Labute approximate surface area is 94.8 Å². The van der Waals surface area contributed by atoms with Crippen LogP contribution in [0.5, 0.6) is 0 Å². The van der Waals surface area contributed by atoms with Crippen LogP contribution in [0, 0.1) is 5.41 Å². The van der Waals surface area contributed by atoms with E-state index in [0.717, 1.165) is 11.8 Å². The summed E-state index contributed by atoms with van der Waals surface area (Å²) in [4.78, 5) is 0. The van der Waals surface area contributed by atoms with E-state index in [4.69, 9.17) is 0 Å². The van der Waals surface area contributed by atoms with Crippen molar-refractivity contribution in [2.45, 2.75) is 33.1 Å². The Balaban J connectivity index is 2.64. The maximum atomic E-state index is 4.42. The Bertz CT molecular complexity index is 283. The molecule has 0 saturated carbocycles. The fraction of sp³-hybridized carbons (Fsp3) is 0.727. The summed E-state index contributed by atoms with van der Waals surface area (Å²) in [5.41, 5.74) is 1.55. The van der Waals surface area contributed by atoms with Crippen molar-refractivity contribution in [2.75, 3.05) is 5.33 Å². The number of alkyl halides is 1. The van der Waals surface area contributed by atoms with Gasteiger partial charge in [-0.05, 0) is 24.3 Å². The number of nitrogens with zero attached hydrogens (tertiary/aromatic N) is 2. The molecule has 0 saturated heterocycles. The second-order valence-electron chi connectivity index (χ2n) is 4.35. The lowest BCUT2D eigenvalue weighted by Gasteiger charge is -2.25. The van der Waals surface area contributed by atoms with Crippen molar-refractivity contribution < 1.29 is 0 Å². The Hall–Kier alpha value is -0.310.